The Morgan fingerprint density at radius 2 is 2.05 bits per heavy atom. The normalized spacial score (nSPS) is 10.7. The molecular formula is C15H20N4O2. The molecule has 1 aromatic carbocycles. The number of hydrogen-bond donors (Lipinski definition) is 3. The van der Waals surface area contributed by atoms with Gasteiger partial charge in [-0.1, -0.05) is 0 Å². The number of anilines is 2. The van der Waals surface area contributed by atoms with Gasteiger partial charge in [0, 0.05) is 29.6 Å². The van der Waals surface area contributed by atoms with E-state index in [1.807, 2.05) is 20.8 Å². The minimum absolute atomic E-state index is 0.0464. The van der Waals surface area contributed by atoms with Gasteiger partial charge in [0.1, 0.15) is 5.75 Å². The highest BCUT2D eigenvalue weighted by Crippen LogP contribution is 2.21. The van der Waals surface area contributed by atoms with E-state index in [1.54, 1.807) is 24.3 Å². The first kappa shape index (κ1) is 14.9. The van der Waals surface area contributed by atoms with Crippen molar-refractivity contribution in [3.05, 3.63) is 35.5 Å². The van der Waals surface area contributed by atoms with Gasteiger partial charge in [-0.3, -0.25) is 0 Å². The van der Waals surface area contributed by atoms with Crippen LogP contribution in [-0.2, 0) is 6.54 Å². The van der Waals surface area contributed by atoms with Crippen LogP contribution in [0.1, 0.15) is 25.1 Å². The minimum atomic E-state index is 0.0464. The van der Waals surface area contributed by atoms with Crippen LogP contribution >= 0.6 is 0 Å². The van der Waals surface area contributed by atoms with Crippen LogP contribution in [0.15, 0.2) is 24.3 Å². The molecule has 0 aliphatic carbocycles. The van der Waals surface area contributed by atoms with Gasteiger partial charge < -0.3 is 20.9 Å². The predicted molar refractivity (Wildman–Crippen MR) is 82.4 cm³/mol. The van der Waals surface area contributed by atoms with Crippen molar-refractivity contribution >= 4 is 11.6 Å². The lowest BCUT2D eigenvalue weighted by atomic mass is 10.2. The number of rotatable bonds is 5. The van der Waals surface area contributed by atoms with Gasteiger partial charge in [0.05, 0.1) is 6.10 Å². The fourth-order valence-electron chi connectivity index (χ4n) is 1.84. The molecule has 1 aromatic heterocycles. The summed E-state index contributed by atoms with van der Waals surface area (Å²) in [5.74, 6) is 1.16. The Morgan fingerprint density at radius 1 is 1.29 bits per heavy atom. The molecule has 2 aromatic rings. The van der Waals surface area contributed by atoms with E-state index in [0.29, 0.717) is 29.6 Å². The third-order valence-corrected chi connectivity index (χ3v) is 2.73. The van der Waals surface area contributed by atoms with Crippen LogP contribution in [0.5, 0.6) is 11.6 Å². The standard InChI is InChI=1S/C15H20N4O2/c1-9(2)21-14-6-10(3)18-15(19-14)17-8-11-7-12(16)4-5-13(11)20/h4-7,9,20H,8,16H2,1-3H3,(H,17,18,19). The molecule has 0 aliphatic rings. The van der Waals surface area contributed by atoms with E-state index >= 15 is 0 Å². The summed E-state index contributed by atoms with van der Waals surface area (Å²) in [5.41, 5.74) is 7.80. The molecule has 0 radical (unpaired) electrons. The van der Waals surface area contributed by atoms with Gasteiger partial charge in [-0.2, -0.15) is 4.98 Å². The van der Waals surface area contributed by atoms with Gasteiger partial charge in [0.15, 0.2) is 0 Å². The molecule has 21 heavy (non-hydrogen) atoms. The van der Waals surface area contributed by atoms with Crippen molar-refractivity contribution in [3.63, 3.8) is 0 Å². The van der Waals surface area contributed by atoms with Gasteiger partial charge >= 0.3 is 0 Å². The molecule has 0 saturated carbocycles. The molecule has 0 atom stereocenters. The Labute approximate surface area is 124 Å². The maximum Gasteiger partial charge on any atom is 0.226 e. The summed E-state index contributed by atoms with van der Waals surface area (Å²) in [6.07, 6.45) is 0.0464. The summed E-state index contributed by atoms with van der Waals surface area (Å²) >= 11 is 0. The smallest absolute Gasteiger partial charge is 0.226 e. The average molecular weight is 288 g/mol. The number of nitrogens with one attached hydrogen (secondary N) is 1. The van der Waals surface area contributed by atoms with E-state index in [1.165, 1.54) is 0 Å². The summed E-state index contributed by atoms with van der Waals surface area (Å²) in [4.78, 5) is 8.58. The molecule has 2 rings (SSSR count). The molecule has 0 amide bonds. The molecule has 1 heterocycles. The SMILES string of the molecule is Cc1cc(OC(C)C)nc(NCc2cc(N)ccc2O)n1. The highest BCUT2D eigenvalue weighted by Gasteiger charge is 2.07. The third kappa shape index (κ3) is 4.24. The number of benzene rings is 1. The quantitative estimate of drug-likeness (QED) is 0.578. The van der Waals surface area contributed by atoms with Crippen molar-refractivity contribution < 1.29 is 9.84 Å². The van der Waals surface area contributed by atoms with Crippen molar-refractivity contribution in [2.75, 3.05) is 11.1 Å². The van der Waals surface area contributed by atoms with E-state index in [9.17, 15) is 5.11 Å². The number of aryl methyl sites for hydroxylation is 1. The molecule has 0 aliphatic heterocycles. The van der Waals surface area contributed by atoms with Crippen LogP contribution < -0.4 is 15.8 Å². The van der Waals surface area contributed by atoms with Crippen molar-refractivity contribution in [1.82, 2.24) is 9.97 Å². The first-order valence-corrected chi connectivity index (χ1v) is 6.77. The molecular weight excluding hydrogens is 268 g/mol. The summed E-state index contributed by atoms with van der Waals surface area (Å²) < 4.78 is 5.57. The maximum atomic E-state index is 9.78. The average Bonchev–Trinajstić information content (AvgIpc) is 2.38. The Kier molecular flexibility index (Phi) is 4.47. The van der Waals surface area contributed by atoms with Crippen LogP contribution in [0.2, 0.25) is 0 Å². The zero-order valence-corrected chi connectivity index (χ0v) is 12.4. The summed E-state index contributed by atoms with van der Waals surface area (Å²) in [5, 5.41) is 12.8. The lowest BCUT2D eigenvalue weighted by Gasteiger charge is -2.12. The largest absolute Gasteiger partial charge is 0.508 e. The Balaban J connectivity index is 2.12. The highest BCUT2D eigenvalue weighted by atomic mass is 16.5. The molecule has 0 spiro atoms. The zero-order chi connectivity index (χ0) is 15.4. The monoisotopic (exact) mass is 288 g/mol. The second-order valence-corrected chi connectivity index (χ2v) is 5.08. The molecule has 0 bridgehead atoms. The fourth-order valence-corrected chi connectivity index (χ4v) is 1.84. The molecule has 6 heteroatoms. The predicted octanol–water partition coefficient (Wildman–Crippen LogP) is 2.47. The Morgan fingerprint density at radius 3 is 2.76 bits per heavy atom. The number of aromatic hydroxyl groups is 1. The van der Waals surface area contributed by atoms with E-state index in [2.05, 4.69) is 15.3 Å². The zero-order valence-electron chi connectivity index (χ0n) is 12.4. The number of nitrogen functional groups attached to an aromatic ring is 1. The maximum absolute atomic E-state index is 9.78. The van der Waals surface area contributed by atoms with E-state index in [4.69, 9.17) is 10.5 Å². The number of nitrogens with two attached hydrogens (primary N) is 1. The molecule has 0 saturated heterocycles. The van der Waals surface area contributed by atoms with E-state index < -0.39 is 0 Å². The van der Waals surface area contributed by atoms with Crippen LogP contribution in [0, 0.1) is 6.92 Å². The van der Waals surface area contributed by atoms with Crippen molar-refractivity contribution in [1.29, 1.82) is 0 Å². The van der Waals surface area contributed by atoms with Crippen molar-refractivity contribution in [3.8, 4) is 11.6 Å². The molecule has 112 valence electrons. The highest BCUT2D eigenvalue weighted by molar-refractivity contribution is 5.48. The van der Waals surface area contributed by atoms with Crippen molar-refractivity contribution in [2.24, 2.45) is 0 Å². The summed E-state index contributed by atoms with van der Waals surface area (Å²) in [6.45, 7) is 6.13. The van der Waals surface area contributed by atoms with Gasteiger partial charge in [0.25, 0.3) is 0 Å². The fraction of sp³-hybridized carbons (Fsp3) is 0.333. The van der Waals surface area contributed by atoms with Gasteiger partial charge in [-0.05, 0) is 39.0 Å². The second-order valence-electron chi connectivity index (χ2n) is 5.08. The number of phenols is 1. The van der Waals surface area contributed by atoms with Crippen LogP contribution in [0.25, 0.3) is 0 Å². The summed E-state index contributed by atoms with van der Waals surface area (Å²) in [6, 6.07) is 6.71. The topological polar surface area (TPSA) is 93.3 Å². The lowest BCUT2D eigenvalue weighted by Crippen LogP contribution is -2.10. The van der Waals surface area contributed by atoms with Gasteiger partial charge in [0.2, 0.25) is 11.8 Å². The number of aromatic nitrogens is 2. The first-order valence-electron chi connectivity index (χ1n) is 6.77. The van der Waals surface area contributed by atoms with Crippen LogP contribution in [0.3, 0.4) is 0 Å². The van der Waals surface area contributed by atoms with Crippen molar-refractivity contribution in [2.45, 2.75) is 33.4 Å². The molecule has 0 fully saturated rings. The van der Waals surface area contributed by atoms with Gasteiger partial charge in [-0.25, -0.2) is 4.98 Å². The first-order chi connectivity index (χ1) is 9.94. The summed E-state index contributed by atoms with van der Waals surface area (Å²) in [7, 11) is 0. The van der Waals surface area contributed by atoms with E-state index in [-0.39, 0.29) is 11.9 Å². The Bertz CT molecular complexity index is 629. The third-order valence-electron chi connectivity index (χ3n) is 2.73. The van der Waals surface area contributed by atoms with Gasteiger partial charge in [-0.15, -0.1) is 0 Å². The van der Waals surface area contributed by atoms with Crippen LogP contribution in [0.4, 0.5) is 11.6 Å². The number of nitrogens with zero attached hydrogens (tertiary/aromatic N) is 2. The number of phenolic OH excluding ortho intramolecular Hbond substituents is 1. The minimum Gasteiger partial charge on any atom is -0.508 e. The number of hydrogen-bond acceptors (Lipinski definition) is 6. The Hall–Kier alpha value is -2.50. The van der Waals surface area contributed by atoms with E-state index in [0.717, 1.165) is 5.69 Å². The molecule has 6 nitrogen and oxygen atoms in total. The second kappa shape index (κ2) is 6.30. The van der Waals surface area contributed by atoms with Crippen LogP contribution in [-0.4, -0.2) is 21.2 Å². The lowest BCUT2D eigenvalue weighted by molar-refractivity contribution is 0.232. The molecule has 4 N–H and O–H groups in total. The molecule has 0 unspecified atom stereocenters. The number of ether oxygens (including phenoxy) is 1.